The van der Waals surface area contributed by atoms with Gasteiger partial charge in [-0.15, -0.1) is 0 Å². The minimum absolute atomic E-state index is 0.184. The highest BCUT2D eigenvalue weighted by atomic mass is 16.6. The van der Waals surface area contributed by atoms with E-state index in [2.05, 4.69) is 123 Å². The average molecular weight is 873 g/mol. The van der Waals surface area contributed by atoms with Gasteiger partial charge in [0.2, 0.25) is 0 Å². The number of hydrogen-bond acceptors (Lipinski definition) is 4. The highest BCUT2D eigenvalue weighted by molar-refractivity contribution is 5.69. The summed E-state index contributed by atoms with van der Waals surface area (Å²) in [7, 11) is 0. The first kappa shape index (κ1) is 60.1. The van der Waals surface area contributed by atoms with Crippen molar-refractivity contribution in [2.75, 3.05) is 19.8 Å². The van der Waals surface area contributed by atoms with Crippen LogP contribution in [0.4, 0.5) is 0 Å². The van der Waals surface area contributed by atoms with Gasteiger partial charge in [-0.25, -0.2) is 0 Å². The summed E-state index contributed by atoms with van der Waals surface area (Å²) < 4.78 is 11.2. The molecule has 0 aliphatic rings. The zero-order valence-corrected chi connectivity index (χ0v) is 41.3. The molecule has 0 aliphatic heterocycles. The van der Waals surface area contributed by atoms with Crippen molar-refractivity contribution in [2.45, 2.75) is 238 Å². The normalized spacial score (nSPS) is 13.3. The molecular weight excluding hydrogens is 773 g/mol. The van der Waals surface area contributed by atoms with Gasteiger partial charge in [0, 0.05) is 13.0 Å². The molecular formula is C59H100O4. The molecule has 4 nitrogen and oxygen atoms in total. The summed E-state index contributed by atoms with van der Waals surface area (Å²) in [4.78, 5) is 12.3. The van der Waals surface area contributed by atoms with E-state index in [1.54, 1.807) is 0 Å². The van der Waals surface area contributed by atoms with E-state index in [1.807, 2.05) is 0 Å². The molecule has 0 aliphatic carbocycles. The van der Waals surface area contributed by atoms with Gasteiger partial charge in [0.25, 0.3) is 0 Å². The van der Waals surface area contributed by atoms with Crippen molar-refractivity contribution >= 4 is 5.97 Å². The number of unbranched alkanes of at least 4 members (excludes halogenated alkanes) is 22. The number of aliphatic hydroxyl groups excluding tert-OH is 1. The number of aliphatic hydroxyl groups is 1. The maximum Gasteiger partial charge on any atom is 0.306 e. The Bertz CT molecular complexity index is 1200. The molecule has 0 radical (unpaired) electrons. The van der Waals surface area contributed by atoms with Gasteiger partial charge in [-0.3, -0.25) is 4.79 Å². The zero-order valence-electron chi connectivity index (χ0n) is 41.3. The van der Waals surface area contributed by atoms with Crippen molar-refractivity contribution in [3.63, 3.8) is 0 Å². The van der Waals surface area contributed by atoms with Crippen molar-refractivity contribution < 1.29 is 19.4 Å². The topological polar surface area (TPSA) is 55.8 Å². The molecule has 0 aromatic heterocycles. The number of allylic oxidation sites excluding steroid dienone is 18. The molecule has 0 aromatic carbocycles. The Morgan fingerprint density at radius 1 is 0.397 bits per heavy atom. The van der Waals surface area contributed by atoms with Gasteiger partial charge in [-0.2, -0.15) is 0 Å². The monoisotopic (exact) mass is 873 g/mol. The lowest BCUT2D eigenvalue weighted by Gasteiger charge is -2.16. The predicted octanol–water partition coefficient (Wildman–Crippen LogP) is 18.2. The smallest absolute Gasteiger partial charge is 0.306 e. The molecule has 1 unspecified atom stereocenters. The standard InChI is InChI=1S/C59H100O4/c1-3-5-7-9-11-13-15-17-19-21-23-25-27-29-31-33-35-37-39-41-43-45-47-49-51-53-55-62-57-58(56-60)63-59(61)54-52-50-48-46-44-42-40-38-36-34-32-30-28-26-24-22-20-18-16-14-12-10-8-6-4-2/h5,7,11,13,16-19,22-25,28-31,35,37,58,60H,3-4,6,8-10,12,14-15,20-21,26-27,32-34,36,38-57H2,1-2H3/b7-5-,13-11-,18-16-,19-17-,24-22-,25-23-,30-28-,31-29-,37-35-. The Morgan fingerprint density at radius 2 is 0.714 bits per heavy atom. The summed E-state index contributed by atoms with van der Waals surface area (Å²) in [6, 6.07) is 0. The van der Waals surface area contributed by atoms with Gasteiger partial charge in [-0.05, 0) is 103 Å². The molecule has 0 rings (SSSR count). The molecule has 0 spiro atoms. The fourth-order valence-electron chi connectivity index (χ4n) is 7.16. The second-order valence-electron chi connectivity index (χ2n) is 17.2. The lowest BCUT2D eigenvalue weighted by atomic mass is 10.0. The Morgan fingerprint density at radius 3 is 1.08 bits per heavy atom. The summed E-state index contributed by atoms with van der Waals surface area (Å²) >= 11 is 0. The van der Waals surface area contributed by atoms with Crippen molar-refractivity contribution in [3.8, 4) is 0 Å². The third-order valence-corrected chi connectivity index (χ3v) is 11.1. The van der Waals surface area contributed by atoms with E-state index in [-0.39, 0.29) is 19.2 Å². The molecule has 63 heavy (non-hydrogen) atoms. The average Bonchev–Trinajstić information content (AvgIpc) is 3.29. The van der Waals surface area contributed by atoms with Crippen LogP contribution in [0.15, 0.2) is 109 Å². The number of carbonyl (C=O) groups excluding carboxylic acids is 1. The van der Waals surface area contributed by atoms with E-state index in [1.165, 1.54) is 135 Å². The van der Waals surface area contributed by atoms with E-state index in [4.69, 9.17) is 9.47 Å². The first-order chi connectivity index (χ1) is 31.2. The molecule has 360 valence electrons. The molecule has 0 saturated carbocycles. The molecule has 0 heterocycles. The maximum atomic E-state index is 12.3. The lowest BCUT2D eigenvalue weighted by Crippen LogP contribution is -2.27. The summed E-state index contributed by atoms with van der Waals surface area (Å²) in [6.07, 6.45) is 80.4. The van der Waals surface area contributed by atoms with Crippen molar-refractivity contribution in [3.05, 3.63) is 109 Å². The maximum absolute atomic E-state index is 12.3. The van der Waals surface area contributed by atoms with Crippen LogP contribution in [0.25, 0.3) is 0 Å². The quantitative estimate of drug-likeness (QED) is 0.0376. The van der Waals surface area contributed by atoms with Gasteiger partial charge >= 0.3 is 5.97 Å². The van der Waals surface area contributed by atoms with Crippen LogP contribution in [-0.2, 0) is 14.3 Å². The SMILES string of the molecule is CC/C=C\C/C=C\C/C=C\C/C=C\C/C=C\C/C=C\CCCCCCCCCOCC(CO)OC(=O)CCCCCCCCCCCC/C=C\C/C=C\C/C=C\CCCCCCC. The van der Waals surface area contributed by atoms with Crippen molar-refractivity contribution in [1.29, 1.82) is 0 Å². The fourth-order valence-corrected chi connectivity index (χ4v) is 7.16. The number of carbonyl (C=O) groups is 1. The minimum atomic E-state index is -0.552. The molecule has 1 atom stereocenters. The van der Waals surface area contributed by atoms with Crippen molar-refractivity contribution in [1.82, 2.24) is 0 Å². The van der Waals surface area contributed by atoms with E-state index >= 15 is 0 Å². The van der Waals surface area contributed by atoms with Crippen LogP contribution in [0, 0.1) is 0 Å². The van der Waals surface area contributed by atoms with Crippen LogP contribution in [-0.4, -0.2) is 37.0 Å². The molecule has 0 amide bonds. The van der Waals surface area contributed by atoms with Crippen LogP contribution in [0.2, 0.25) is 0 Å². The third kappa shape index (κ3) is 53.3. The van der Waals surface area contributed by atoms with E-state index in [0.717, 1.165) is 77.0 Å². The van der Waals surface area contributed by atoms with Crippen LogP contribution < -0.4 is 0 Å². The van der Waals surface area contributed by atoms with E-state index < -0.39 is 6.10 Å². The summed E-state index contributed by atoms with van der Waals surface area (Å²) in [5.41, 5.74) is 0. The minimum Gasteiger partial charge on any atom is -0.457 e. The highest BCUT2D eigenvalue weighted by Crippen LogP contribution is 2.14. The number of ether oxygens (including phenoxy) is 2. The summed E-state index contributed by atoms with van der Waals surface area (Å²) in [6.45, 7) is 5.19. The predicted molar refractivity (Wildman–Crippen MR) is 278 cm³/mol. The lowest BCUT2D eigenvalue weighted by molar-refractivity contribution is -0.154. The first-order valence-electron chi connectivity index (χ1n) is 26.5. The largest absolute Gasteiger partial charge is 0.457 e. The Kier molecular flexibility index (Phi) is 52.6. The summed E-state index contributed by atoms with van der Waals surface area (Å²) in [5, 5.41) is 9.66. The zero-order chi connectivity index (χ0) is 45.5. The van der Waals surface area contributed by atoms with E-state index in [9.17, 15) is 9.90 Å². The van der Waals surface area contributed by atoms with Gasteiger partial charge in [0.05, 0.1) is 13.2 Å². The molecule has 0 saturated heterocycles. The first-order valence-corrected chi connectivity index (χ1v) is 26.5. The highest BCUT2D eigenvalue weighted by Gasteiger charge is 2.13. The number of esters is 1. The Balaban J connectivity index is 3.50. The molecule has 0 fully saturated rings. The van der Waals surface area contributed by atoms with E-state index in [0.29, 0.717) is 13.0 Å². The van der Waals surface area contributed by atoms with Gasteiger partial charge in [0.1, 0.15) is 6.10 Å². The van der Waals surface area contributed by atoms with Gasteiger partial charge in [0.15, 0.2) is 0 Å². The number of rotatable bonds is 48. The van der Waals surface area contributed by atoms with Gasteiger partial charge in [-0.1, -0.05) is 232 Å². The third-order valence-electron chi connectivity index (χ3n) is 11.1. The Labute approximate surface area is 391 Å². The second kappa shape index (κ2) is 55.2. The molecule has 4 heteroatoms. The number of hydrogen-bond donors (Lipinski definition) is 1. The van der Waals surface area contributed by atoms with Crippen LogP contribution in [0.1, 0.15) is 232 Å². The summed E-state index contributed by atoms with van der Waals surface area (Å²) in [5.74, 6) is -0.212. The second-order valence-corrected chi connectivity index (χ2v) is 17.2. The molecule has 0 bridgehead atoms. The van der Waals surface area contributed by atoms with Crippen molar-refractivity contribution in [2.24, 2.45) is 0 Å². The van der Waals surface area contributed by atoms with Crippen LogP contribution >= 0.6 is 0 Å². The van der Waals surface area contributed by atoms with Gasteiger partial charge < -0.3 is 14.6 Å². The van der Waals surface area contributed by atoms with Crippen LogP contribution in [0.5, 0.6) is 0 Å². The molecule has 0 aromatic rings. The fraction of sp³-hybridized carbons (Fsp3) is 0.678. The molecule has 1 N–H and O–H groups in total. The Hall–Kier alpha value is -2.95. The van der Waals surface area contributed by atoms with Crippen LogP contribution in [0.3, 0.4) is 0 Å².